The highest BCUT2D eigenvalue weighted by Crippen LogP contribution is 2.44. The predicted molar refractivity (Wildman–Crippen MR) is 133 cm³/mol. The summed E-state index contributed by atoms with van der Waals surface area (Å²) in [5.74, 6) is 2.66. The Kier molecular flexibility index (Phi) is 8.91. The van der Waals surface area contributed by atoms with Crippen LogP contribution in [0.15, 0.2) is 47.3 Å². The zero-order valence-corrected chi connectivity index (χ0v) is 21.2. The Morgan fingerprint density at radius 3 is 1.47 bits per heavy atom. The van der Waals surface area contributed by atoms with Gasteiger partial charge in [0.15, 0.2) is 5.31 Å². The maximum Gasteiger partial charge on any atom is 0.359 e. The molecule has 0 aliphatic carbocycles. The predicted octanol–water partition coefficient (Wildman–Crippen LogP) is 6.85. The molecular formula is C26H34O5P+. The van der Waals surface area contributed by atoms with Crippen molar-refractivity contribution in [1.29, 1.82) is 0 Å². The number of ether oxygens (including phenoxy) is 4. The fourth-order valence-electron chi connectivity index (χ4n) is 3.76. The van der Waals surface area contributed by atoms with Crippen LogP contribution >= 0.6 is 8.46 Å². The molecule has 0 aliphatic heterocycles. The average molecular weight is 458 g/mol. The largest absolute Gasteiger partial charge is 0.496 e. The number of methoxy groups -OCH3 is 4. The van der Waals surface area contributed by atoms with Gasteiger partial charge in [-0.15, -0.1) is 0 Å². The van der Waals surface area contributed by atoms with Gasteiger partial charge in [-0.3, -0.25) is 0 Å². The van der Waals surface area contributed by atoms with E-state index < -0.39 is 8.46 Å². The molecule has 2 aromatic carbocycles. The fraction of sp³-hybridized carbons (Fsp3) is 0.385. The molecule has 5 nitrogen and oxygen atoms in total. The SMILES string of the molecule is COc1cccc(OC)c1C=C([PH+]=O)C(C)C(=Cc1c(OC)cccc1OC)C(C)(C)C. The van der Waals surface area contributed by atoms with E-state index in [-0.39, 0.29) is 11.3 Å². The molecule has 172 valence electrons. The topological polar surface area (TPSA) is 54.0 Å². The van der Waals surface area contributed by atoms with Crippen LogP contribution < -0.4 is 18.9 Å². The summed E-state index contributed by atoms with van der Waals surface area (Å²) >= 11 is 0. The lowest BCUT2D eigenvalue weighted by Gasteiger charge is -2.27. The third kappa shape index (κ3) is 5.72. The molecule has 0 spiro atoms. The van der Waals surface area contributed by atoms with Crippen molar-refractivity contribution >= 4 is 20.6 Å². The highest BCUT2D eigenvalue weighted by Gasteiger charge is 2.30. The minimum Gasteiger partial charge on any atom is -0.496 e. The van der Waals surface area contributed by atoms with Gasteiger partial charge < -0.3 is 18.9 Å². The summed E-state index contributed by atoms with van der Waals surface area (Å²) in [4.78, 5) is 0. The van der Waals surface area contributed by atoms with Crippen molar-refractivity contribution in [2.75, 3.05) is 28.4 Å². The van der Waals surface area contributed by atoms with Crippen molar-refractivity contribution in [1.82, 2.24) is 0 Å². The third-order valence-corrected chi connectivity index (χ3v) is 6.26. The summed E-state index contributed by atoms with van der Waals surface area (Å²) < 4.78 is 34.6. The van der Waals surface area contributed by atoms with E-state index in [0.29, 0.717) is 11.5 Å². The number of benzene rings is 2. The van der Waals surface area contributed by atoms with E-state index in [0.717, 1.165) is 33.5 Å². The molecule has 0 saturated carbocycles. The number of hydrogen-bond donors (Lipinski definition) is 0. The molecule has 0 saturated heterocycles. The number of allylic oxidation sites excluding steroid dienone is 2. The van der Waals surface area contributed by atoms with Gasteiger partial charge in [-0.25, -0.2) is 0 Å². The summed E-state index contributed by atoms with van der Waals surface area (Å²) in [7, 11) is 5.89. The normalized spacial score (nSPS) is 13.6. The maximum atomic E-state index is 12.4. The van der Waals surface area contributed by atoms with Gasteiger partial charge in [-0.1, -0.05) is 50.0 Å². The first-order valence-electron chi connectivity index (χ1n) is 10.5. The van der Waals surface area contributed by atoms with Crippen LogP contribution in [0.2, 0.25) is 0 Å². The molecule has 2 rings (SSSR count). The Morgan fingerprint density at radius 1 is 0.781 bits per heavy atom. The highest BCUT2D eigenvalue weighted by atomic mass is 31.1. The minimum absolute atomic E-state index is 0.116. The molecule has 2 unspecified atom stereocenters. The molecule has 2 aromatic rings. The second-order valence-corrected chi connectivity index (χ2v) is 9.21. The van der Waals surface area contributed by atoms with E-state index >= 15 is 0 Å². The molecule has 0 radical (unpaired) electrons. The van der Waals surface area contributed by atoms with Crippen LogP contribution in [0, 0.1) is 11.3 Å². The van der Waals surface area contributed by atoms with Crippen LogP contribution in [0.4, 0.5) is 0 Å². The molecule has 0 amide bonds. The van der Waals surface area contributed by atoms with Gasteiger partial charge in [0.1, 0.15) is 23.0 Å². The number of hydrogen-bond acceptors (Lipinski definition) is 5. The Labute approximate surface area is 193 Å². The van der Waals surface area contributed by atoms with Crippen molar-refractivity contribution in [3.63, 3.8) is 0 Å². The van der Waals surface area contributed by atoms with Crippen LogP contribution in [0.25, 0.3) is 12.2 Å². The molecule has 0 N–H and O–H groups in total. The molecule has 2 atom stereocenters. The van der Waals surface area contributed by atoms with Crippen LogP contribution in [-0.4, -0.2) is 28.4 Å². The van der Waals surface area contributed by atoms with E-state index in [1.807, 2.05) is 42.5 Å². The monoisotopic (exact) mass is 457 g/mol. The first kappa shape index (κ1) is 25.5. The fourth-order valence-corrected chi connectivity index (χ4v) is 4.29. The van der Waals surface area contributed by atoms with E-state index in [9.17, 15) is 4.57 Å². The van der Waals surface area contributed by atoms with Crippen molar-refractivity contribution < 1.29 is 23.5 Å². The summed E-state index contributed by atoms with van der Waals surface area (Å²) in [6.07, 6.45) is 4.00. The van der Waals surface area contributed by atoms with Crippen LogP contribution in [-0.2, 0) is 4.57 Å². The lowest BCUT2D eigenvalue weighted by atomic mass is 9.78. The third-order valence-electron chi connectivity index (χ3n) is 5.45. The van der Waals surface area contributed by atoms with Crippen LogP contribution in [0.3, 0.4) is 0 Å². The molecule has 32 heavy (non-hydrogen) atoms. The van der Waals surface area contributed by atoms with Crippen molar-refractivity contribution in [2.24, 2.45) is 11.3 Å². The van der Waals surface area contributed by atoms with Crippen molar-refractivity contribution in [2.45, 2.75) is 27.7 Å². The summed E-state index contributed by atoms with van der Waals surface area (Å²) in [6, 6.07) is 11.3. The second-order valence-electron chi connectivity index (χ2n) is 8.43. The van der Waals surface area contributed by atoms with Crippen molar-refractivity contribution in [3.8, 4) is 23.0 Å². The van der Waals surface area contributed by atoms with Gasteiger partial charge in [-0.2, -0.15) is 0 Å². The zero-order chi connectivity index (χ0) is 23.9. The molecule has 0 aromatic heterocycles. The Hall–Kier alpha value is -2.78. The lowest BCUT2D eigenvalue weighted by molar-refractivity contribution is 0.392. The van der Waals surface area contributed by atoms with Gasteiger partial charge >= 0.3 is 8.46 Å². The van der Waals surface area contributed by atoms with E-state index in [1.165, 1.54) is 0 Å². The van der Waals surface area contributed by atoms with Gasteiger partial charge in [0.2, 0.25) is 0 Å². The number of rotatable bonds is 9. The Balaban J connectivity index is 2.70. The quantitative estimate of drug-likeness (QED) is 0.385. The summed E-state index contributed by atoms with van der Waals surface area (Å²) in [5.41, 5.74) is 2.53. The summed E-state index contributed by atoms with van der Waals surface area (Å²) in [5, 5.41) is 0.767. The summed E-state index contributed by atoms with van der Waals surface area (Å²) in [6.45, 7) is 8.50. The van der Waals surface area contributed by atoms with Crippen molar-refractivity contribution in [3.05, 3.63) is 58.4 Å². The molecule has 0 fully saturated rings. The van der Waals surface area contributed by atoms with E-state index in [4.69, 9.17) is 18.9 Å². The lowest BCUT2D eigenvalue weighted by Crippen LogP contribution is -2.16. The van der Waals surface area contributed by atoms with Gasteiger partial charge in [0.05, 0.1) is 39.6 Å². The standard InChI is InChI=1S/C26H33O5P/c1-17(25(32-27)16-19-23(30-7)13-10-14-24(19)31-8)20(26(2,3)4)15-18-21(28-5)11-9-12-22(18)29-6/h9-17H,1-8H3/p+1. The van der Waals surface area contributed by atoms with Gasteiger partial charge in [0.25, 0.3) is 0 Å². The zero-order valence-electron chi connectivity index (χ0n) is 20.2. The maximum absolute atomic E-state index is 12.4. The highest BCUT2D eigenvalue weighted by molar-refractivity contribution is 7.29. The Bertz CT molecular complexity index is 957. The molecule has 0 aliphatic rings. The van der Waals surface area contributed by atoms with E-state index in [2.05, 4.69) is 33.8 Å². The van der Waals surface area contributed by atoms with Gasteiger partial charge in [-0.05, 0) is 35.8 Å². The smallest absolute Gasteiger partial charge is 0.359 e. The van der Waals surface area contributed by atoms with Gasteiger partial charge in [0, 0.05) is 12.0 Å². The minimum atomic E-state index is -0.625. The second kappa shape index (κ2) is 11.2. The molecule has 6 heteroatoms. The molecule has 0 bridgehead atoms. The van der Waals surface area contributed by atoms with E-state index in [1.54, 1.807) is 28.4 Å². The van der Waals surface area contributed by atoms with Crippen LogP contribution in [0.1, 0.15) is 38.8 Å². The first-order chi connectivity index (χ1) is 15.2. The first-order valence-corrected chi connectivity index (χ1v) is 11.4. The molecule has 0 heterocycles. The molecular weight excluding hydrogens is 423 g/mol. The van der Waals surface area contributed by atoms with Crippen LogP contribution in [0.5, 0.6) is 23.0 Å². The average Bonchev–Trinajstić information content (AvgIpc) is 2.79. The Morgan fingerprint density at radius 2 is 1.16 bits per heavy atom.